The number of nitro groups is 1. The maximum atomic E-state index is 12.2. The Morgan fingerprint density at radius 3 is 2.81 bits per heavy atom. The zero-order valence-corrected chi connectivity index (χ0v) is 12.9. The number of carbonyl (C=O) groups is 1. The fourth-order valence-electron chi connectivity index (χ4n) is 1.74. The third kappa shape index (κ3) is 3.37. The average Bonchev–Trinajstić information content (AvgIpc) is 2.85. The summed E-state index contributed by atoms with van der Waals surface area (Å²) in [5, 5.41) is 14.2. The van der Waals surface area contributed by atoms with Crippen molar-refractivity contribution in [3.8, 4) is 0 Å². The molecule has 0 aliphatic rings. The molecular formula is C13H12ClN3O3S. The van der Waals surface area contributed by atoms with E-state index in [2.05, 4.69) is 10.3 Å². The monoisotopic (exact) mass is 325 g/mol. The molecule has 0 aliphatic carbocycles. The van der Waals surface area contributed by atoms with E-state index in [1.54, 1.807) is 13.1 Å². The Bertz CT molecular complexity index is 702. The van der Waals surface area contributed by atoms with Gasteiger partial charge in [-0.1, -0.05) is 17.7 Å². The maximum Gasteiger partial charge on any atom is 0.288 e. The standard InChI is InChI=1S/C13H12ClN3O3S/c1-7-6-15-13(21-7)8(2)16-12(18)9-4-3-5-10(11(9)14)17(19)20/h3-6,8H,1-2H3,(H,16,18). The van der Waals surface area contributed by atoms with Crippen LogP contribution in [0.4, 0.5) is 5.69 Å². The third-order valence-electron chi connectivity index (χ3n) is 2.78. The van der Waals surface area contributed by atoms with Crippen molar-refractivity contribution in [2.45, 2.75) is 19.9 Å². The van der Waals surface area contributed by atoms with Crippen LogP contribution in [0.3, 0.4) is 0 Å². The van der Waals surface area contributed by atoms with Crippen molar-refractivity contribution < 1.29 is 9.72 Å². The van der Waals surface area contributed by atoms with Crippen molar-refractivity contribution in [1.29, 1.82) is 0 Å². The van der Waals surface area contributed by atoms with Gasteiger partial charge >= 0.3 is 0 Å². The van der Waals surface area contributed by atoms with Crippen molar-refractivity contribution in [3.63, 3.8) is 0 Å². The number of hydrogen-bond donors (Lipinski definition) is 1. The first-order valence-electron chi connectivity index (χ1n) is 6.06. The largest absolute Gasteiger partial charge is 0.343 e. The van der Waals surface area contributed by atoms with Gasteiger partial charge in [-0.2, -0.15) is 0 Å². The smallest absolute Gasteiger partial charge is 0.288 e. The lowest BCUT2D eigenvalue weighted by molar-refractivity contribution is -0.384. The van der Waals surface area contributed by atoms with E-state index < -0.39 is 10.8 Å². The minimum atomic E-state index is -0.618. The maximum absolute atomic E-state index is 12.2. The van der Waals surface area contributed by atoms with E-state index in [0.717, 1.165) is 9.88 Å². The molecule has 1 atom stereocenters. The van der Waals surface area contributed by atoms with Gasteiger partial charge in [0.2, 0.25) is 0 Å². The SMILES string of the molecule is Cc1cnc(C(C)NC(=O)c2cccc([N+](=O)[O-])c2Cl)s1. The first-order valence-corrected chi connectivity index (χ1v) is 7.25. The van der Waals surface area contributed by atoms with Gasteiger partial charge in [0.1, 0.15) is 10.0 Å². The van der Waals surface area contributed by atoms with Crippen LogP contribution in [0.25, 0.3) is 0 Å². The summed E-state index contributed by atoms with van der Waals surface area (Å²) in [4.78, 5) is 27.6. The summed E-state index contributed by atoms with van der Waals surface area (Å²) in [6.07, 6.45) is 1.73. The fourth-order valence-corrected chi connectivity index (χ4v) is 2.80. The van der Waals surface area contributed by atoms with Gasteiger partial charge in [0.25, 0.3) is 11.6 Å². The quantitative estimate of drug-likeness (QED) is 0.688. The van der Waals surface area contributed by atoms with Gasteiger partial charge in [0, 0.05) is 17.1 Å². The van der Waals surface area contributed by atoms with Gasteiger partial charge in [-0.15, -0.1) is 11.3 Å². The number of nitrogens with one attached hydrogen (secondary N) is 1. The van der Waals surface area contributed by atoms with Crippen LogP contribution >= 0.6 is 22.9 Å². The summed E-state index contributed by atoms with van der Waals surface area (Å²) >= 11 is 7.39. The molecule has 0 saturated carbocycles. The topological polar surface area (TPSA) is 85.1 Å². The first-order chi connectivity index (χ1) is 9.90. The van der Waals surface area contributed by atoms with Crippen LogP contribution < -0.4 is 5.32 Å². The summed E-state index contributed by atoms with van der Waals surface area (Å²) in [7, 11) is 0. The summed E-state index contributed by atoms with van der Waals surface area (Å²) < 4.78 is 0. The molecule has 21 heavy (non-hydrogen) atoms. The second kappa shape index (κ2) is 6.19. The van der Waals surface area contributed by atoms with E-state index >= 15 is 0 Å². The molecule has 1 aromatic heterocycles. The van der Waals surface area contributed by atoms with Crippen LogP contribution in [0, 0.1) is 17.0 Å². The minimum absolute atomic E-state index is 0.0750. The Morgan fingerprint density at radius 1 is 1.52 bits per heavy atom. The van der Waals surface area contributed by atoms with E-state index in [9.17, 15) is 14.9 Å². The van der Waals surface area contributed by atoms with Crippen molar-refractivity contribution in [1.82, 2.24) is 10.3 Å². The van der Waals surface area contributed by atoms with E-state index in [1.807, 2.05) is 6.92 Å². The molecule has 1 unspecified atom stereocenters. The molecule has 6 nitrogen and oxygen atoms in total. The molecule has 1 N–H and O–H groups in total. The predicted molar refractivity (Wildman–Crippen MR) is 80.8 cm³/mol. The first kappa shape index (κ1) is 15.4. The summed E-state index contributed by atoms with van der Waals surface area (Å²) in [6, 6.07) is 3.83. The molecule has 0 radical (unpaired) electrons. The van der Waals surface area contributed by atoms with E-state index in [0.29, 0.717) is 0 Å². The van der Waals surface area contributed by atoms with E-state index in [-0.39, 0.29) is 22.3 Å². The number of carbonyl (C=O) groups excluding carboxylic acids is 1. The number of aryl methyl sites for hydroxylation is 1. The zero-order valence-electron chi connectivity index (χ0n) is 11.3. The molecule has 0 fully saturated rings. The number of amides is 1. The lowest BCUT2D eigenvalue weighted by atomic mass is 10.1. The summed E-state index contributed by atoms with van der Waals surface area (Å²) in [5.41, 5.74) is -0.215. The van der Waals surface area contributed by atoms with Crippen molar-refractivity contribution in [3.05, 3.63) is 55.0 Å². The fraction of sp³-hybridized carbons (Fsp3) is 0.231. The number of thiazole rings is 1. The number of rotatable bonds is 4. The Morgan fingerprint density at radius 2 is 2.24 bits per heavy atom. The Balaban J connectivity index is 2.21. The molecule has 2 aromatic rings. The van der Waals surface area contributed by atoms with Gasteiger partial charge in [-0.3, -0.25) is 14.9 Å². The normalized spacial score (nSPS) is 12.0. The molecule has 0 bridgehead atoms. The Labute approximate surface area is 129 Å². The predicted octanol–water partition coefficient (Wildman–Crippen LogP) is 3.50. The molecule has 8 heteroatoms. The van der Waals surface area contributed by atoms with Crippen molar-refractivity contribution >= 4 is 34.5 Å². The van der Waals surface area contributed by atoms with Gasteiger partial charge in [-0.05, 0) is 19.9 Å². The number of nitro benzene ring substituents is 1. The lowest BCUT2D eigenvalue weighted by Crippen LogP contribution is -2.26. The molecule has 2 rings (SSSR count). The van der Waals surface area contributed by atoms with Crippen LogP contribution in [0.15, 0.2) is 24.4 Å². The van der Waals surface area contributed by atoms with Crippen LogP contribution in [0.1, 0.15) is 33.2 Å². The molecule has 0 spiro atoms. The highest BCUT2D eigenvalue weighted by atomic mass is 35.5. The van der Waals surface area contributed by atoms with Crippen LogP contribution in [-0.4, -0.2) is 15.8 Å². The second-order valence-corrected chi connectivity index (χ2v) is 6.04. The second-order valence-electron chi connectivity index (χ2n) is 4.40. The van der Waals surface area contributed by atoms with Gasteiger partial charge < -0.3 is 5.32 Å². The minimum Gasteiger partial charge on any atom is -0.343 e. The van der Waals surface area contributed by atoms with Crippen LogP contribution in [0.2, 0.25) is 5.02 Å². The van der Waals surface area contributed by atoms with Crippen LogP contribution in [-0.2, 0) is 0 Å². The molecule has 1 heterocycles. The zero-order chi connectivity index (χ0) is 15.6. The summed E-state index contributed by atoms with van der Waals surface area (Å²) in [5.74, 6) is -0.468. The van der Waals surface area contributed by atoms with Gasteiger partial charge in [0.15, 0.2) is 0 Å². The number of benzene rings is 1. The van der Waals surface area contributed by atoms with E-state index in [4.69, 9.17) is 11.6 Å². The van der Waals surface area contributed by atoms with Gasteiger partial charge in [-0.25, -0.2) is 4.98 Å². The van der Waals surface area contributed by atoms with E-state index in [1.165, 1.54) is 29.5 Å². The lowest BCUT2D eigenvalue weighted by Gasteiger charge is -2.12. The highest BCUT2D eigenvalue weighted by molar-refractivity contribution is 7.11. The molecule has 0 aliphatic heterocycles. The molecule has 1 aromatic carbocycles. The number of aromatic nitrogens is 1. The molecule has 110 valence electrons. The van der Waals surface area contributed by atoms with Crippen molar-refractivity contribution in [2.24, 2.45) is 0 Å². The molecule has 1 amide bonds. The third-order valence-corrected chi connectivity index (χ3v) is 4.27. The Hall–Kier alpha value is -1.99. The molecule has 0 saturated heterocycles. The number of hydrogen-bond acceptors (Lipinski definition) is 5. The molecular weight excluding hydrogens is 314 g/mol. The number of nitrogens with zero attached hydrogens (tertiary/aromatic N) is 2. The Kier molecular flexibility index (Phi) is 4.54. The number of halogens is 1. The average molecular weight is 326 g/mol. The highest BCUT2D eigenvalue weighted by Gasteiger charge is 2.21. The van der Waals surface area contributed by atoms with Gasteiger partial charge in [0.05, 0.1) is 16.5 Å². The van der Waals surface area contributed by atoms with Crippen molar-refractivity contribution in [2.75, 3.05) is 0 Å². The summed E-state index contributed by atoms with van der Waals surface area (Å²) in [6.45, 7) is 3.72. The highest BCUT2D eigenvalue weighted by Crippen LogP contribution is 2.28. The van der Waals surface area contributed by atoms with Crippen LogP contribution in [0.5, 0.6) is 0 Å².